The summed E-state index contributed by atoms with van der Waals surface area (Å²) in [6, 6.07) is 0. The third-order valence-electron chi connectivity index (χ3n) is 4.53. The molecule has 1 saturated carbocycles. The van der Waals surface area contributed by atoms with Gasteiger partial charge in [-0.3, -0.25) is 4.79 Å². The quantitative estimate of drug-likeness (QED) is 0.594. The first-order valence-corrected chi connectivity index (χ1v) is 8.84. The minimum atomic E-state index is 0.535. The van der Waals surface area contributed by atoms with E-state index in [4.69, 9.17) is 0 Å². The molecule has 0 spiro atoms. The lowest BCUT2D eigenvalue weighted by Crippen LogP contribution is -2.08. The molecule has 0 aliphatic heterocycles. The van der Waals surface area contributed by atoms with Crippen LogP contribution in [-0.2, 0) is 4.79 Å². The van der Waals surface area contributed by atoms with Crippen LogP contribution >= 0.6 is 0 Å². The van der Waals surface area contributed by atoms with Crippen LogP contribution in [-0.4, -0.2) is 5.78 Å². The van der Waals surface area contributed by atoms with Gasteiger partial charge in [-0.2, -0.15) is 0 Å². The van der Waals surface area contributed by atoms with E-state index in [0.717, 1.165) is 19.3 Å². The summed E-state index contributed by atoms with van der Waals surface area (Å²) in [5.74, 6) is 1.22. The summed E-state index contributed by atoms with van der Waals surface area (Å²) in [5, 5.41) is 0. The van der Waals surface area contributed by atoms with Gasteiger partial charge in [0.15, 0.2) is 0 Å². The number of ketones is 1. The monoisotopic (exact) mass is 266 g/mol. The number of hydrogen-bond acceptors (Lipinski definition) is 1. The van der Waals surface area contributed by atoms with Crippen molar-refractivity contribution in [2.24, 2.45) is 5.92 Å². The normalized spacial score (nSPS) is 25.5. The second-order valence-electron chi connectivity index (χ2n) is 6.47. The Bertz CT molecular complexity index is 222. The van der Waals surface area contributed by atoms with Crippen molar-refractivity contribution in [2.45, 2.75) is 103 Å². The average Bonchev–Trinajstić information content (AvgIpc) is 2.40. The maximum Gasteiger partial charge on any atom is 0.133 e. The van der Waals surface area contributed by atoms with Gasteiger partial charge in [-0.05, 0) is 12.3 Å². The van der Waals surface area contributed by atoms with Crippen molar-refractivity contribution in [3.05, 3.63) is 0 Å². The molecule has 112 valence electrons. The summed E-state index contributed by atoms with van der Waals surface area (Å²) >= 11 is 0. The highest BCUT2D eigenvalue weighted by molar-refractivity contribution is 5.78. The second-order valence-corrected chi connectivity index (χ2v) is 6.47. The Morgan fingerprint density at radius 1 is 0.842 bits per heavy atom. The molecule has 0 heterocycles. The van der Waals surface area contributed by atoms with Gasteiger partial charge in [0.05, 0.1) is 0 Å². The van der Waals surface area contributed by atoms with Crippen LogP contribution in [0.4, 0.5) is 0 Å². The Morgan fingerprint density at radius 3 is 1.95 bits per heavy atom. The fourth-order valence-electron chi connectivity index (χ4n) is 3.35. The molecule has 0 radical (unpaired) electrons. The molecule has 0 bridgehead atoms. The molecule has 1 aliphatic carbocycles. The average molecular weight is 266 g/mol. The predicted molar refractivity (Wildman–Crippen MR) is 83.4 cm³/mol. The highest BCUT2D eigenvalue weighted by atomic mass is 16.1. The van der Waals surface area contributed by atoms with Crippen LogP contribution < -0.4 is 0 Å². The van der Waals surface area contributed by atoms with E-state index in [-0.39, 0.29) is 0 Å². The molecule has 1 unspecified atom stereocenters. The van der Waals surface area contributed by atoms with E-state index in [1.165, 1.54) is 77.0 Å². The molecular weight excluding hydrogens is 232 g/mol. The number of carbonyl (C=O) groups is 1. The van der Waals surface area contributed by atoms with Crippen molar-refractivity contribution in [3.63, 3.8) is 0 Å². The minimum absolute atomic E-state index is 0.535. The first-order valence-electron chi connectivity index (χ1n) is 8.84. The van der Waals surface area contributed by atoms with Gasteiger partial charge in [0.25, 0.3) is 0 Å². The molecule has 1 nitrogen and oxygen atoms in total. The van der Waals surface area contributed by atoms with Crippen molar-refractivity contribution in [1.29, 1.82) is 0 Å². The topological polar surface area (TPSA) is 17.1 Å². The molecular formula is C18H34O. The van der Waals surface area contributed by atoms with Crippen LogP contribution in [0.2, 0.25) is 0 Å². The number of carbonyl (C=O) groups excluding carboxylic acids is 1. The maximum atomic E-state index is 12.0. The lowest BCUT2D eigenvalue weighted by atomic mass is 9.90. The number of rotatable bonds is 2. The Hall–Kier alpha value is -0.330. The molecule has 0 aromatic carbocycles. The first kappa shape index (κ1) is 16.7. The molecule has 1 rings (SSSR count). The zero-order chi connectivity index (χ0) is 13.8. The summed E-state index contributed by atoms with van der Waals surface area (Å²) in [7, 11) is 0. The van der Waals surface area contributed by atoms with Crippen molar-refractivity contribution >= 4 is 5.78 Å². The van der Waals surface area contributed by atoms with Gasteiger partial charge in [-0.25, -0.2) is 0 Å². The summed E-state index contributed by atoms with van der Waals surface area (Å²) in [6.45, 7) is 2.25. The van der Waals surface area contributed by atoms with Gasteiger partial charge in [0.1, 0.15) is 5.78 Å². The largest absolute Gasteiger partial charge is 0.300 e. The SMILES string of the molecule is CCCC1CCCCCCCCCCCCC(=O)C1. The molecule has 0 amide bonds. The van der Waals surface area contributed by atoms with E-state index in [2.05, 4.69) is 6.92 Å². The summed E-state index contributed by atoms with van der Waals surface area (Å²) in [4.78, 5) is 12.0. The third-order valence-corrected chi connectivity index (χ3v) is 4.53. The van der Waals surface area contributed by atoms with Gasteiger partial charge >= 0.3 is 0 Å². The van der Waals surface area contributed by atoms with Gasteiger partial charge in [0, 0.05) is 12.8 Å². The van der Waals surface area contributed by atoms with Crippen LogP contribution in [0.15, 0.2) is 0 Å². The van der Waals surface area contributed by atoms with Gasteiger partial charge < -0.3 is 0 Å². The number of hydrogen-bond donors (Lipinski definition) is 0. The van der Waals surface area contributed by atoms with E-state index in [0.29, 0.717) is 11.7 Å². The maximum absolute atomic E-state index is 12.0. The van der Waals surface area contributed by atoms with Crippen molar-refractivity contribution in [1.82, 2.24) is 0 Å². The van der Waals surface area contributed by atoms with E-state index in [1.54, 1.807) is 0 Å². The van der Waals surface area contributed by atoms with Crippen LogP contribution in [0.5, 0.6) is 0 Å². The molecule has 0 N–H and O–H groups in total. The summed E-state index contributed by atoms with van der Waals surface area (Å²) < 4.78 is 0. The molecule has 0 aromatic rings. The van der Waals surface area contributed by atoms with E-state index < -0.39 is 0 Å². The third kappa shape index (κ3) is 9.24. The van der Waals surface area contributed by atoms with Crippen LogP contribution in [0.1, 0.15) is 103 Å². The van der Waals surface area contributed by atoms with Gasteiger partial charge in [-0.15, -0.1) is 0 Å². The van der Waals surface area contributed by atoms with Crippen molar-refractivity contribution in [3.8, 4) is 0 Å². The standard InChI is InChI=1S/C18H34O/c1-2-13-17-14-11-9-7-5-3-4-6-8-10-12-15-18(19)16-17/h17H,2-16H2,1H3. The van der Waals surface area contributed by atoms with E-state index in [1.807, 2.05) is 0 Å². The number of Topliss-reactive ketones (excluding diaryl/α,β-unsaturated/α-hetero) is 1. The Kier molecular flexibility index (Phi) is 10.1. The van der Waals surface area contributed by atoms with Gasteiger partial charge in [-0.1, -0.05) is 84.0 Å². The Balaban J connectivity index is 2.33. The van der Waals surface area contributed by atoms with Gasteiger partial charge in [0.2, 0.25) is 0 Å². The highest BCUT2D eigenvalue weighted by Gasteiger charge is 2.13. The molecule has 1 fully saturated rings. The Morgan fingerprint density at radius 2 is 1.37 bits per heavy atom. The first-order chi connectivity index (χ1) is 9.33. The molecule has 0 aromatic heterocycles. The lowest BCUT2D eigenvalue weighted by molar-refractivity contribution is -0.120. The van der Waals surface area contributed by atoms with E-state index >= 15 is 0 Å². The Labute approximate surface area is 120 Å². The predicted octanol–water partition coefficient (Wildman–Crippen LogP) is 6.06. The molecule has 0 saturated heterocycles. The molecule has 1 atom stereocenters. The summed E-state index contributed by atoms with van der Waals surface area (Å²) in [6.07, 6.45) is 19.0. The van der Waals surface area contributed by atoms with Crippen LogP contribution in [0.25, 0.3) is 0 Å². The fourth-order valence-corrected chi connectivity index (χ4v) is 3.35. The van der Waals surface area contributed by atoms with Crippen LogP contribution in [0, 0.1) is 5.92 Å². The molecule has 1 aliphatic rings. The van der Waals surface area contributed by atoms with Crippen molar-refractivity contribution in [2.75, 3.05) is 0 Å². The van der Waals surface area contributed by atoms with Crippen molar-refractivity contribution < 1.29 is 4.79 Å². The zero-order valence-electron chi connectivity index (χ0n) is 13.1. The van der Waals surface area contributed by atoms with E-state index in [9.17, 15) is 4.79 Å². The minimum Gasteiger partial charge on any atom is -0.300 e. The lowest BCUT2D eigenvalue weighted by Gasteiger charge is -2.15. The second kappa shape index (κ2) is 11.5. The molecule has 1 heteroatoms. The van der Waals surface area contributed by atoms with Crippen LogP contribution in [0.3, 0.4) is 0 Å². The molecule has 19 heavy (non-hydrogen) atoms. The summed E-state index contributed by atoms with van der Waals surface area (Å²) in [5.41, 5.74) is 0. The zero-order valence-corrected chi connectivity index (χ0v) is 13.1. The fraction of sp³-hybridized carbons (Fsp3) is 0.944. The highest BCUT2D eigenvalue weighted by Crippen LogP contribution is 2.22. The smallest absolute Gasteiger partial charge is 0.133 e.